The number of aliphatic hydroxyl groups is 4. The normalized spacial score (nSPS) is 36.6. The van der Waals surface area contributed by atoms with Crippen LogP contribution in [0.2, 0.25) is 0 Å². The third-order valence-corrected chi connectivity index (χ3v) is 3.49. The molecule has 0 aromatic carbocycles. The van der Waals surface area contributed by atoms with Crippen LogP contribution in [-0.2, 0) is 9.47 Å². The van der Waals surface area contributed by atoms with Gasteiger partial charge in [0.1, 0.15) is 24.4 Å². The van der Waals surface area contributed by atoms with Crippen molar-refractivity contribution >= 4 is 0 Å². The Balaban J connectivity index is 2.32. The van der Waals surface area contributed by atoms with Crippen molar-refractivity contribution in [3.8, 4) is 0 Å². The van der Waals surface area contributed by atoms with Crippen LogP contribution < -0.4 is 0 Å². The van der Waals surface area contributed by atoms with Gasteiger partial charge >= 0.3 is 0 Å². The average molecular weight is 293 g/mol. The van der Waals surface area contributed by atoms with Gasteiger partial charge in [-0.15, -0.1) is 0 Å². The van der Waals surface area contributed by atoms with Gasteiger partial charge in [-0.05, 0) is 6.40 Å². The van der Waals surface area contributed by atoms with Crippen molar-refractivity contribution in [1.29, 1.82) is 0 Å². The Bertz CT molecular complexity index is 278. The van der Waals surface area contributed by atoms with Gasteiger partial charge in [0, 0.05) is 7.98 Å². The molecule has 0 aromatic heterocycles. The van der Waals surface area contributed by atoms with Gasteiger partial charge in [0.15, 0.2) is 6.29 Å². The van der Waals surface area contributed by atoms with E-state index in [1.807, 2.05) is 0 Å². The standard InChI is InChI=1S/C14H28O6/c1-2-3-4-5-6-7-8-19-14-13(18)12(17)11(16)10(9-15)20-14/h10-18H,2-9H2,1H3/t10-,11-,12+,13-,14?/m1/s1/i7D/t7?,10-,11-,12+,13-,14?. The molecule has 0 aromatic rings. The number of unbranched alkanes of at least 4 members (excludes halogenated alkanes) is 3. The minimum absolute atomic E-state index is 0.0782. The molecule has 1 aliphatic rings. The number of hydrogen-bond donors (Lipinski definition) is 4. The Morgan fingerprint density at radius 1 is 1.05 bits per heavy atom. The van der Waals surface area contributed by atoms with E-state index in [1.165, 1.54) is 0 Å². The molecule has 20 heavy (non-hydrogen) atoms. The Labute approximate surface area is 121 Å². The summed E-state index contributed by atoms with van der Waals surface area (Å²) < 4.78 is 18.4. The van der Waals surface area contributed by atoms with Crippen molar-refractivity contribution in [3.63, 3.8) is 0 Å². The maximum absolute atomic E-state index is 9.78. The predicted octanol–water partition coefficient (Wildman–Crippen LogP) is 0.163. The lowest BCUT2D eigenvalue weighted by Crippen LogP contribution is -2.59. The van der Waals surface area contributed by atoms with Crippen LogP contribution in [0.3, 0.4) is 0 Å². The summed E-state index contributed by atoms with van der Waals surface area (Å²) >= 11 is 0. The maximum atomic E-state index is 9.78. The molecule has 0 bridgehead atoms. The van der Waals surface area contributed by atoms with Crippen LogP contribution in [0.1, 0.15) is 46.8 Å². The first kappa shape index (κ1) is 16.1. The fourth-order valence-electron chi connectivity index (χ4n) is 2.17. The molecule has 1 heterocycles. The number of ether oxygens (including phenoxy) is 2. The zero-order chi connectivity index (χ0) is 15.8. The summed E-state index contributed by atoms with van der Waals surface area (Å²) in [5.41, 5.74) is 0. The monoisotopic (exact) mass is 293 g/mol. The van der Waals surface area contributed by atoms with Crippen LogP contribution in [0.25, 0.3) is 0 Å². The third kappa shape index (κ3) is 5.27. The van der Waals surface area contributed by atoms with E-state index in [0.29, 0.717) is 6.42 Å². The van der Waals surface area contributed by atoms with Crippen molar-refractivity contribution < 1.29 is 31.3 Å². The summed E-state index contributed by atoms with van der Waals surface area (Å²) in [7, 11) is 0. The lowest BCUT2D eigenvalue weighted by Gasteiger charge is -2.39. The lowest BCUT2D eigenvalue weighted by molar-refractivity contribution is -0.301. The average Bonchev–Trinajstić information content (AvgIpc) is 2.48. The Morgan fingerprint density at radius 3 is 2.40 bits per heavy atom. The summed E-state index contributed by atoms with van der Waals surface area (Å²) in [6.45, 7) is 1.72. The maximum Gasteiger partial charge on any atom is 0.186 e. The van der Waals surface area contributed by atoms with E-state index >= 15 is 0 Å². The second kappa shape index (κ2) is 9.65. The zero-order valence-electron chi connectivity index (χ0n) is 13.0. The topological polar surface area (TPSA) is 99.4 Å². The minimum Gasteiger partial charge on any atom is -0.394 e. The van der Waals surface area contributed by atoms with Crippen molar-refractivity contribution in [2.24, 2.45) is 0 Å². The molecule has 1 aliphatic heterocycles. The number of aliphatic hydroxyl groups excluding tert-OH is 4. The molecular weight excluding hydrogens is 264 g/mol. The Kier molecular flexibility index (Phi) is 7.79. The van der Waals surface area contributed by atoms with Crippen molar-refractivity contribution in [2.75, 3.05) is 13.2 Å². The zero-order valence-corrected chi connectivity index (χ0v) is 12.0. The van der Waals surface area contributed by atoms with Gasteiger partial charge in [-0.2, -0.15) is 0 Å². The van der Waals surface area contributed by atoms with E-state index in [1.54, 1.807) is 0 Å². The van der Waals surface area contributed by atoms with Gasteiger partial charge in [-0.3, -0.25) is 0 Å². The van der Waals surface area contributed by atoms with Crippen LogP contribution in [0, 0.1) is 0 Å². The van der Waals surface area contributed by atoms with E-state index in [2.05, 4.69) is 6.92 Å². The molecule has 6 atom stereocenters. The highest BCUT2D eigenvalue weighted by molar-refractivity contribution is 4.88. The van der Waals surface area contributed by atoms with Crippen LogP contribution in [0.15, 0.2) is 0 Å². The van der Waals surface area contributed by atoms with E-state index < -0.39 is 43.7 Å². The van der Waals surface area contributed by atoms with Crippen LogP contribution in [0.5, 0.6) is 0 Å². The molecule has 0 spiro atoms. The van der Waals surface area contributed by atoms with E-state index in [4.69, 9.17) is 16.0 Å². The van der Waals surface area contributed by atoms with E-state index in [0.717, 1.165) is 25.7 Å². The summed E-state index contributed by atoms with van der Waals surface area (Å²) in [6.07, 6.45) is -1.69. The van der Waals surface area contributed by atoms with Gasteiger partial charge in [0.2, 0.25) is 0 Å². The van der Waals surface area contributed by atoms with Crippen LogP contribution in [0.4, 0.5) is 0 Å². The second-order valence-electron chi connectivity index (χ2n) is 5.17. The molecule has 1 rings (SSSR count). The second-order valence-corrected chi connectivity index (χ2v) is 5.17. The first-order valence-electron chi connectivity index (χ1n) is 7.93. The quantitative estimate of drug-likeness (QED) is 0.452. The van der Waals surface area contributed by atoms with Gasteiger partial charge < -0.3 is 29.9 Å². The molecule has 120 valence electrons. The molecule has 6 heteroatoms. The summed E-state index contributed by atoms with van der Waals surface area (Å²) in [5.74, 6) is 0. The first-order chi connectivity index (χ1) is 10.0. The molecule has 1 saturated heterocycles. The van der Waals surface area contributed by atoms with Crippen molar-refractivity contribution in [3.05, 3.63) is 0 Å². The van der Waals surface area contributed by atoms with Crippen LogP contribution >= 0.6 is 0 Å². The van der Waals surface area contributed by atoms with Crippen LogP contribution in [-0.4, -0.2) is 64.3 Å². The molecule has 2 unspecified atom stereocenters. The van der Waals surface area contributed by atoms with Gasteiger partial charge in [-0.25, -0.2) is 0 Å². The Hall–Kier alpha value is -0.240. The highest BCUT2D eigenvalue weighted by atomic mass is 16.7. The van der Waals surface area contributed by atoms with Gasteiger partial charge in [0.05, 0.1) is 6.61 Å². The number of hydrogen-bond acceptors (Lipinski definition) is 6. The largest absolute Gasteiger partial charge is 0.394 e. The number of rotatable bonds is 9. The highest BCUT2D eigenvalue weighted by Crippen LogP contribution is 2.22. The van der Waals surface area contributed by atoms with E-state index in [9.17, 15) is 15.3 Å². The van der Waals surface area contributed by atoms with Gasteiger partial charge in [0.25, 0.3) is 0 Å². The molecule has 0 aliphatic carbocycles. The predicted molar refractivity (Wildman–Crippen MR) is 73.1 cm³/mol. The summed E-state index contributed by atoms with van der Waals surface area (Å²) in [5, 5.41) is 38.1. The molecule has 0 amide bonds. The highest BCUT2D eigenvalue weighted by Gasteiger charge is 2.43. The molecule has 0 radical (unpaired) electrons. The Morgan fingerprint density at radius 2 is 1.75 bits per heavy atom. The summed E-state index contributed by atoms with van der Waals surface area (Å²) in [6, 6.07) is 0. The van der Waals surface area contributed by atoms with E-state index in [-0.39, 0.29) is 6.61 Å². The first-order valence-corrected chi connectivity index (χ1v) is 7.35. The molecule has 1 fully saturated rings. The SMILES string of the molecule is [2H]C(CCCCCC)COC1O[C@H](CO)[C@@H](O)[C@H](O)[C@H]1O. The lowest BCUT2D eigenvalue weighted by atomic mass is 9.99. The smallest absolute Gasteiger partial charge is 0.186 e. The fraction of sp³-hybridized carbons (Fsp3) is 1.00. The summed E-state index contributed by atoms with van der Waals surface area (Å²) in [4.78, 5) is 0. The van der Waals surface area contributed by atoms with Crippen molar-refractivity contribution in [2.45, 2.75) is 76.1 Å². The fourth-order valence-corrected chi connectivity index (χ4v) is 2.17. The minimum atomic E-state index is -1.44. The molecule has 4 N–H and O–H groups in total. The third-order valence-electron chi connectivity index (χ3n) is 3.49. The van der Waals surface area contributed by atoms with Crippen molar-refractivity contribution in [1.82, 2.24) is 0 Å². The molecule has 6 nitrogen and oxygen atoms in total. The molecular formula is C14H28O6. The van der Waals surface area contributed by atoms with Gasteiger partial charge in [-0.1, -0.05) is 39.0 Å². The molecule has 0 saturated carbocycles.